The molecular formula is C28H37BN6O5S. The van der Waals surface area contributed by atoms with Crippen LogP contribution < -0.4 is 20.4 Å². The fraction of sp³-hybridized carbons (Fsp3) is 0.464. The molecule has 1 aromatic heterocycles. The number of nitrogens with zero attached hydrogens (tertiary/aromatic N) is 4. The number of anilines is 1. The molecule has 3 aromatic rings. The minimum Gasteiger partial charge on any atom is -0.378 e. The normalized spacial score (nSPS) is 17.9. The van der Waals surface area contributed by atoms with Crippen LogP contribution in [0.25, 0.3) is 16.6 Å². The molecule has 1 saturated carbocycles. The topological polar surface area (TPSA) is 126 Å². The molecule has 5 rings (SSSR count). The average molecular weight is 581 g/mol. The second-order valence-corrected chi connectivity index (χ2v) is 12.8. The van der Waals surface area contributed by atoms with Crippen molar-refractivity contribution in [1.82, 2.24) is 25.3 Å². The molecule has 1 saturated heterocycles. The number of sulfonamides is 1. The molecule has 2 heterocycles. The highest BCUT2D eigenvalue weighted by Crippen LogP contribution is 2.46. The molecule has 0 radical (unpaired) electrons. The van der Waals surface area contributed by atoms with Crippen molar-refractivity contribution in [3.8, 4) is 5.69 Å². The van der Waals surface area contributed by atoms with Crippen molar-refractivity contribution < 1.29 is 22.7 Å². The van der Waals surface area contributed by atoms with Crippen LogP contribution in [0.4, 0.5) is 5.69 Å². The van der Waals surface area contributed by atoms with Gasteiger partial charge in [-0.15, -0.1) is 0 Å². The van der Waals surface area contributed by atoms with Crippen LogP contribution in [0, 0.1) is 0 Å². The number of ether oxygens (including phenoxy) is 1. The summed E-state index contributed by atoms with van der Waals surface area (Å²) in [6.45, 7) is 2.16. The Bertz CT molecular complexity index is 1550. The molecule has 2 fully saturated rings. The van der Waals surface area contributed by atoms with Crippen LogP contribution in [-0.2, 0) is 19.6 Å². The zero-order chi connectivity index (χ0) is 29.3. The summed E-state index contributed by atoms with van der Waals surface area (Å²) in [4.78, 5) is 27.7. The molecule has 1 aliphatic carbocycles. The highest BCUT2D eigenvalue weighted by molar-refractivity contribution is 7.92. The predicted molar refractivity (Wildman–Crippen MR) is 162 cm³/mol. The van der Waals surface area contributed by atoms with Gasteiger partial charge in [0.05, 0.1) is 36.4 Å². The number of nitrogens with one attached hydrogen (secondary N) is 2. The van der Waals surface area contributed by atoms with Crippen molar-refractivity contribution in [2.45, 2.75) is 31.2 Å². The molecule has 0 bridgehead atoms. The van der Waals surface area contributed by atoms with Gasteiger partial charge < -0.3 is 15.4 Å². The molecule has 2 aliphatic rings. The molecule has 13 heteroatoms. The maximum atomic E-state index is 13.1. The van der Waals surface area contributed by atoms with E-state index < -0.39 is 10.0 Å². The first-order valence-electron chi connectivity index (χ1n) is 14.0. The Balaban J connectivity index is 1.46. The quantitative estimate of drug-likeness (QED) is 0.258. The minimum absolute atomic E-state index is 0.124. The number of carbonyl (C=O) groups is 2. The van der Waals surface area contributed by atoms with Gasteiger partial charge in [0.2, 0.25) is 15.9 Å². The van der Waals surface area contributed by atoms with Crippen molar-refractivity contribution in [2.75, 3.05) is 57.5 Å². The fourth-order valence-corrected chi connectivity index (χ4v) is 6.24. The zero-order valence-electron chi connectivity index (χ0n) is 24.0. The summed E-state index contributed by atoms with van der Waals surface area (Å²) in [5.74, 6) is -0.186. The van der Waals surface area contributed by atoms with Gasteiger partial charge in [-0.3, -0.25) is 18.8 Å². The van der Waals surface area contributed by atoms with E-state index in [1.54, 1.807) is 17.8 Å². The first-order chi connectivity index (χ1) is 19.6. The Morgan fingerprint density at radius 3 is 2.56 bits per heavy atom. The van der Waals surface area contributed by atoms with E-state index in [4.69, 9.17) is 9.84 Å². The van der Waals surface area contributed by atoms with Crippen molar-refractivity contribution in [1.29, 1.82) is 0 Å². The van der Waals surface area contributed by atoms with Gasteiger partial charge in [0.1, 0.15) is 19.6 Å². The number of likely N-dealkylation sites (N-methyl/N-ethyl adjacent to an activating group) is 1. The van der Waals surface area contributed by atoms with E-state index in [9.17, 15) is 18.0 Å². The molecule has 1 atom stereocenters. The summed E-state index contributed by atoms with van der Waals surface area (Å²) in [5, 5.41) is 11.1. The fourth-order valence-electron chi connectivity index (χ4n) is 5.26. The largest absolute Gasteiger partial charge is 0.378 e. The molecule has 11 nitrogen and oxygen atoms in total. The van der Waals surface area contributed by atoms with Crippen LogP contribution in [0.5, 0.6) is 0 Å². The predicted octanol–water partition coefficient (Wildman–Crippen LogP) is 0.124. The van der Waals surface area contributed by atoms with E-state index in [-0.39, 0.29) is 30.3 Å². The van der Waals surface area contributed by atoms with Crippen LogP contribution in [0.15, 0.2) is 36.4 Å². The van der Waals surface area contributed by atoms with E-state index in [2.05, 4.69) is 10.6 Å². The number of hydrogen-bond donors (Lipinski definition) is 2. The maximum absolute atomic E-state index is 13.1. The van der Waals surface area contributed by atoms with Gasteiger partial charge in [-0.25, -0.2) is 13.1 Å². The van der Waals surface area contributed by atoms with Gasteiger partial charge in [-0.05, 0) is 62.1 Å². The molecule has 1 aliphatic heterocycles. The van der Waals surface area contributed by atoms with Gasteiger partial charge in [0.25, 0.3) is 5.91 Å². The van der Waals surface area contributed by atoms with Gasteiger partial charge in [-0.2, -0.15) is 5.10 Å². The summed E-state index contributed by atoms with van der Waals surface area (Å²) in [7, 11) is 1.82. The molecule has 218 valence electrons. The second kappa shape index (κ2) is 11.8. The Labute approximate surface area is 241 Å². The molecule has 2 amide bonds. The smallest absolute Gasteiger partial charge is 0.270 e. The van der Waals surface area contributed by atoms with Crippen LogP contribution >= 0.6 is 0 Å². The lowest BCUT2D eigenvalue weighted by Crippen LogP contribution is -2.52. The van der Waals surface area contributed by atoms with E-state index >= 15 is 0 Å². The van der Waals surface area contributed by atoms with Gasteiger partial charge in [0, 0.05) is 32.1 Å². The SMILES string of the molecule is Bc1ccc(-n2nc3cc(N(CCCNC(=O)[C@H]4COCCN4C)S(C)(=O)=O)c(C4CC4)cc3c2C(=O)NC)cc1. The van der Waals surface area contributed by atoms with E-state index in [0.29, 0.717) is 55.0 Å². The number of aromatic nitrogens is 2. The molecule has 2 N–H and O–H groups in total. The van der Waals surface area contributed by atoms with Crippen molar-refractivity contribution >= 4 is 51.7 Å². The lowest BCUT2D eigenvalue weighted by atomic mass is 9.96. The Morgan fingerprint density at radius 2 is 1.93 bits per heavy atom. The third-order valence-electron chi connectivity index (χ3n) is 7.76. The Morgan fingerprint density at radius 1 is 1.20 bits per heavy atom. The first-order valence-corrected chi connectivity index (χ1v) is 15.8. The third-order valence-corrected chi connectivity index (χ3v) is 8.94. The molecule has 2 aromatic carbocycles. The number of hydrogen-bond acceptors (Lipinski definition) is 7. The standard InChI is InChI=1S/C28H37BN6O5S/c1-30-28(37)26-22-15-21(18-5-6-18)24(16-23(22)32-35(26)20-9-7-19(29)8-10-20)34(41(3,38)39)12-4-11-31-27(36)25-17-40-14-13-33(25)2/h7-10,15-16,18,25H,4-6,11-14,17,29H2,1-3H3,(H,30,37)(H,31,36)/t25-/m1/s1. The summed E-state index contributed by atoms with van der Waals surface area (Å²) in [6, 6.07) is 11.1. The van der Waals surface area contributed by atoms with E-state index in [1.165, 1.54) is 10.6 Å². The molecular weight excluding hydrogens is 543 g/mol. The molecule has 0 spiro atoms. The van der Waals surface area contributed by atoms with Crippen molar-refractivity contribution in [3.63, 3.8) is 0 Å². The zero-order valence-corrected chi connectivity index (χ0v) is 24.8. The Kier molecular flexibility index (Phi) is 8.39. The monoisotopic (exact) mass is 580 g/mol. The number of amides is 2. The second-order valence-electron chi connectivity index (χ2n) is 10.9. The van der Waals surface area contributed by atoms with Crippen LogP contribution in [0.2, 0.25) is 0 Å². The van der Waals surface area contributed by atoms with Crippen LogP contribution in [0.1, 0.15) is 41.2 Å². The number of fused-ring (bicyclic) bond motifs is 1. The summed E-state index contributed by atoms with van der Waals surface area (Å²) < 4.78 is 34.6. The van der Waals surface area contributed by atoms with E-state index in [1.807, 2.05) is 50.1 Å². The van der Waals surface area contributed by atoms with Gasteiger partial charge >= 0.3 is 0 Å². The number of benzene rings is 2. The van der Waals surface area contributed by atoms with Crippen LogP contribution in [0.3, 0.4) is 0 Å². The van der Waals surface area contributed by atoms with Crippen molar-refractivity contribution in [3.05, 3.63) is 47.7 Å². The number of carbonyl (C=O) groups excluding carboxylic acids is 2. The molecule has 41 heavy (non-hydrogen) atoms. The lowest BCUT2D eigenvalue weighted by Gasteiger charge is -2.31. The third kappa shape index (κ3) is 6.26. The summed E-state index contributed by atoms with van der Waals surface area (Å²) in [6.07, 6.45) is 3.52. The molecule has 0 unspecified atom stereocenters. The highest BCUT2D eigenvalue weighted by atomic mass is 32.2. The maximum Gasteiger partial charge on any atom is 0.270 e. The summed E-state index contributed by atoms with van der Waals surface area (Å²) >= 11 is 0. The number of rotatable bonds is 10. The first kappa shape index (κ1) is 29.1. The van der Waals surface area contributed by atoms with Crippen LogP contribution in [-0.4, -0.2) is 102 Å². The average Bonchev–Trinajstić information content (AvgIpc) is 3.72. The van der Waals surface area contributed by atoms with E-state index in [0.717, 1.165) is 29.6 Å². The van der Waals surface area contributed by atoms with Crippen molar-refractivity contribution in [2.24, 2.45) is 0 Å². The van der Waals surface area contributed by atoms with Gasteiger partial charge in [-0.1, -0.05) is 17.6 Å². The minimum atomic E-state index is -3.65. The Hall–Kier alpha value is -3.42. The summed E-state index contributed by atoms with van der Waals surface area (Å²) in [5.41, 5.74) is 4.23. The highest BCUT2D eigenvalue weighted by Gasteiger charge is 2.33. The lowest BCUT2D eigenvalue weighted by molar-refractivity contribution is -0.131. The van der Waals surface area contributed by atoms with Gasteiger partial charge in [0.15, 0.2) is 0 Å². The number of morpholine rings is 1.